The van der Waals surface area contributed by atoms with E-state index in [0.717, 1.165) is 38.8 Å². The van der Waals surface area contributed by atoms with Crippen molar-refractivity contribution in [2.75, 3.05) is 19.6 Å². The average Bonchev–Trinajstić information content (AvgIpc) is 2.70. The Labute approximate surface area is 179 Å². The van der Waals surface area contributed by atoms with E-state index in [2.05, 4.69) is 10.0 Å². The molecule has 0 unspecified atom stereocenters. The molecule has 30 heavy (non-hydrogen) atoms. The average molecular weight is 449 g/mol. The molecule has 10 nitrogen and oxygen atoms in total. The first-order valence-corrected chi connectivity index (χ1v) is 12.2. The number of carboxylic acid groups (broad SMARTS) is 1. The number of amides is 2. The van der Waals surface area contributed by atoms with Gasteiger partial charge in [-0.2, -0.15) is 4.72 Å². The van der Waals surface area contributed by atoms with Crippen LogP contribution in [0.1, 0.15) is 65.2 Å². The van der Waals surface area contributed by atoms with Gasteiger partial charge in [-0.3, -0.25) is 19.3 Å². The molecular weight excluding hydrogens is 412 g/mol. The zero-order chi connectivity index (χ0) is 22.7. The summed E-state index contributed by atoms with van der Waals surface area (Å²) in [6, 6.07) is 0. The van der Waals surface area contributed by atoms with Gasteiger partial charge in [0.15, 0.2) is 0 Å². The van der Waals surface area contributed by atoms with Crippen LogP contribution in [0.25, 0.3) is 0 Å². The van der Waals surface area contributed by atoms with E-state index in [4.69, 9.17) is 5.73 Å². The number of carbonyl (C=O) groups is 3. The molecule has 1 fully saturated rings. The van der Waals surface area contributed by atoms with Gasteiger partial charge in [0.05, 0.1) is 18.2 Å². The fourth-order valence-electron chi connectivity index (χ4n) is 3.46. The highest BCUT2D eigenvalue weighted by Gasteiger charge is 2.34. The number of aliphatic carboxylic acids is 1. The van der Waals surface area contributed by atoms with Crippen LogP contribution in [0.15, 0.2) is 0 Å². The van der Waals surface area contributed by atoms with Gasteiger partial charge in [-0.15, -0.1) is 0 Å². The summed E-state index contributed by atoms with van der Waals surface area (Å²) < 4.78 is 27.1. The van der Waals surface area contributed by atoms with Gasteiger partial charge in [-0.25, -0.2) is 8.42 Å². The van der Waals surface area contributed by atoms with Gasteiger partial charge in [0.25, 0.3) is 0 Å². The smallest absolute Gasteiger partial charge is 0.306 e. The summed E-state index contributed by atoms with van der Waals surface area (Å²) in [7, 11) is -3.92. The van der Waals surface area contributed by atoms with E-state index in [1.165, 1.54) is 6.92 Å². The minimum atomic E-state index is -3.92. The number of rotatable bonds is 13. The summed E-state index contributed by atoms with van der Waals surface area (Å²) >= 11 is 0. The number of nitrogens with one attached hydrogen (secondary N) is 2. The van der Waals surface area contributed by atoms with Crippen LogP contribution in [0.2, 0.25) is 0 Å². The minimum Gasteiger partial charge on any atom is -0.481 e. The maximum absolute atomic E-state index is 12.8. The molecule has 0 aromatic carbocycles. The predicted octanol–water partition coefficient (Wildman–Crippen LogP) is 0.379. The van der Waals surface area contributed by atoms with Crippen LogP contribution in [-0.4, -0.2) is 67.3 Å². The normalized spacial score (nSPS) is 17.3. The third-order valence-corrected chi connectivity index (χ3v) is 7.50. The molecule has 2 atom stereocenters. The summed E-state index contributed by atoms with van der Waals surface area (Å²) in [6.45, 7) is 4.61. The third-order valence-electron chi connectivity index (χ3n) is 5.51. The van der Waals surface area contributed by atoms with E-state index in [9.17, 15) is 27.9 Å². The van der Waals surface area contributed by atoms with Gasteiger partial charge >= 0.3 is 5.97 Å². The highest BCUT2D eigenvalue weighted by Crippen LogP contribution is 2.20. The number of carboxylic acids is 1. The number of nitrogens with two attached hydrogens (primary N) is 1. The Kier molecular flexibility index (Phi) is 11.5. The molecule has 1 saturated heterocycles. The summed E-state index contributed by atoms with van der Waals surface area (Å²) in [5, 5.41) is 11.7. The van der Waals surface area contributed by atoms with E-state index in [1.54, 1.807) is 6.92 Å². The summed E-state index contributed by atoms with van der Waals surface area (Å²) in [6.07, 6.45) is 2.62. The third kappa shape index (κ3) is 8.66. The zero-order valence-corrected chi connectivity index (χ0v) is 18.7. The fraction of sp³-hybridized carbons (Fsp3) is 0.842. The Hall–Kier alpha value is -1.56. The molecule has 0 spiro atoms. The lowest BCUT2D eigenvalue weighted by Gasteiger charge is -2.30. The lowest BCUT2D eigenvalue weighted by molar-refractivity contribution is -0.149. The van der Waals surface area contributed by atoms with Gasteiger partial charge < -0.3 is 16.2 Å². The molecule has 2 amide bonds. The number of hydrogen-bond acceptors (Lipinski definition) is 7. The first-order chi connectivity index (χ1) is 14.1. The van der Waals surface area contributed by atoms with Crippen LogP contribution in [0, 0.1) is 5.92 Å². The van der Waals surface area contributed by atoms with Gasteiger partial charge in [-0.1, -0.05) is 19.8 Å². The first-order valence-electron chi connectivity index (χ1n) is 10.6. The van der Waals surface area contributed by atoms with Gasteiger partial charge in [0.1, 0.15) is 6.17 Å². The molecule has 0 bridgehead atoms. The van der Waals surface area contributed by atoms with Crippen LogP contribution in [-0.2, 0) is 24.4 Å². The van der Waals surface area contributed by atoms with E-state index in [0.29, 0.717) is 23.7 Å². The summed E-state index contributed by atoms with van der Waals surface area (Å²) in [4.78, 5) is 37.0. The standard InChI is InChI=1S/C19H36N4O6S/c1-3-14(2)30(28,29)22-16(12-19(26)27)23(18(25)13-20)17(24)7-5-4-6-15-8-10-21-11-9-15/h14-16,21-22H,3-13,20H2,1-2H3,(H,26,27)/t14-,16+/m0/s1. The molecule has 0 aliphatic carbocycles. The SMILES string of the molecule is CC[C@H](C)S(=O)(=O)N[C@@H](CC(=O)O)N(C(=O)CN)C(=O)CCCCC1CCNCC1. The molecule has 1 aliphatic rings. The predicted molar refractivity (Wildman–Crippen MR) is 113 cm³/mol. The van der Waals surface area contributed by atoms with Crippen LogP contribution in [0.5, 0.6) is 0 Å². The molecule has 0 aromatic rings. The van der Waals surface area contributed by atoms with Crippen molar-refractivity contribution in [1.29, 1.82) is 0 Å². The largest absolute Gasteiger partial charge is 0.481 e. The van der Waals surface area contributed by atoms with Crippen molar-refractivity contribution in [1.82, 2.24) is 14.9 Å². The second kappa shape index (κ2) is 13.0. The molecule has 0 saturated carbocycles. The maximum atomic E-state index is 12.8. The quantitative estimate of drug-likeness (QED) is 0.232. The van der Waals surface area contributed by atoms with Gasteiger partial charge in [-0.05, 0) is 51.6 Å². The van der Waals surface area contributed by atoms with Gasteiger partial charge in [0, 0.05) is 6.42 Å². The maximum Gasteiger partial charge on any atom is 0.306 e. The fourth-order valence-corrected chi connectivity index (χ4v) is 4.70. The first kappa shape index (κ1) is 26.5. The van der Waals surface area contributed by atoms with Crippen LogP contribution >= 0.6 is 0 Å². The van der Waals surface area contributed by atoms with Crippen molar-refractivity contribution in [2.45, 2.75) is 76.6 Å². The van der Waals surface area contributed by atoms with Gasteiger partial charge in [0.2, 0.25) is 21.8 Å². The molecular formula is C19H36N4O6S. The summed E-state index contributed by atoms with van der Waals surface area (Å²) in [5.41, 5.74) is 5.41. The number of hydrogen-bond donors (Lipinski definition) is 4. The van der Waals surface area contributed by atoms with Crippen LogP contribution in [0.4, 0.5) is 0 Å². The molecule has 1 aliphatic heterocycles. The number of sulfonamides is 1. The lowest BCUT2D eigenvalue weighted by Crippen LogP contribution is -2.56. The lowest BCUT2D eigenvalue weighted by atomic mass is 9.92. The van der Waals surface area contributed by atoms with E-state index >= 15 is 0 Å². The monoisotopic (exact) mass is 448 g/mol. The molecule has 5 N–H and O–H groups in total. The van der Waals surface area contributed by atoms with Crippen molar-refractivity contribution in [3.63, 3.8) is 0 Å². The van der Waals surface area contributed by atoms with E-state index in [1.807, 2.05) is 0 Å². The van der Waals surface area contributed by atoms with Crippen molar-refractivity contribution in [3.8, 4) is 0 Å². The number of nitrogens with zero attached hydrogens (tertiary/aromatic N) is 1. The number of piperidine rings is 1. The Balaban J connectivity index is 2.83. The number of carbonyl (C=O) groups excluding carboxylic acids is 2. The van der Waals surface area contributed by atoms with Crippen molar-refractivity contribution >= 4 is 27.8 Å². The molecule has 11 heteroatoms. The zero-order valence-electron chi connectivity index (χ0n) is 17.9. The minimum absolute atomic E-state index is 0.0257. The second-order valence-electron chi connectivity index (χ2n) is 7.80. The molecule has 174 valence electrons. The topological polar surface area (TPSA) is 159 Å². The Bertz CT molecular complexity index is 679. The van der Waals surface area contributed by atoms with E-state index in [-0.39, 0.29) is 6.42 Å². The Morgan fingerprint density at radius 3 is 2.37 bits per heavy atom. The Morgan fingerprint density at radius 2 is 1.83 bits per heavy atom. The number of imide groups is 1. The molecule has 1 heterocycles. The van der Waals surface area contributed by atoms with Crippen LogP contribution < -0.4 is 15.8 Å². The highest BCUT2D eigenvalue weighted by atomic mass is 32.2. The molecule has 0 aromatic heterocycles. The second-order valence-corrected chi connectivity index (χ2v) is 9.93. The van der Waals surface area contributed by atoms with Crippen molar-refractivity contribution < 1.29 is 27.9 Å². The molecule has 1 rings (SSSR count). The van der Waals surface area contributed by atoms with E-state index < -0.39 is 52.2 Å². The number of unbranched alkanes of at least 4 members (excludes halogenated alkanes) is 1. The van der Waals surface area contributed by atoms with Crippen LogP contribution in [0.3, 0.4) is 0 Å². The summed E-state index contributed by atoms with van der Waals surface area (Å²) in [5.74, 6) is -2.14. The Morgan fingerprint density at radius 1 is 1.20 bits per heavy atom. The highest BCUT2D eigenvalue weighted by molar-refractivity contribution is 7.90. The van der Waals surface area contributed by atoms with Crippen molar-refractivity contribution in [3.05, 3.63) is 0 Å². The molecule has 0 radical (unpaired) electrons. The van der Waals surface area contributed by atoms with Crippen molar-refractivity contribution in [2.24, 2.45) is 11.7 Å².